The Balaban J connectivity index is 1.38. The minimum Gasteiger partial charge on any atom is -0.423 e. The molecule has 2 aromatic carbocycles. The van der Waals surface area contributed by atoms with Crippen molar-refractivity contribution in [1.29, 1.82) is 5.26 Å². The van der Waals surface area contributed by atoms with Gasteiger partial charge in [0.2, 0.25) is 0 Å². The minimum absolute atomic E-state index is 0.292. The molecular weight excluding hydrogens is 362 g/mol. The molecule has 0 radical (unpaired) electrons. The maximum absolute atomic E-state index is 11.9. The van der Waals surface area contributed by atoms with Crippen LogP contribution in [0, 0.1) is 11.3 Å². The van der Waals surface area contributed by atoms with Crippen LogP contribution in [0.3, 0.4) is 0 Å². The van der Waals surface area contributed by atoms with Gasteiger partial charge in [-0.2, -0.15) is 5.26 Å². The van der Waals surface area contributed by atoms with Crippen molar-refractivity contribution in [2.24, 2.45) is 0 Å². The normalized spacial score (nSPS) is 15.6. The summed E-state index contributed by atoms with van der Waals surface area (Å²) in [5, 5.41) is 13.4. The smallest absolute Gasteiger partial charge is 0.338 e. The van der Waals surface area contributed by atoms with Crippen LogP contribution in [0.1, 0.15) is 24.0 Å². The van der Waals surface area contributed by atoms with E-state index in [0.717, 1.165) is 43.5 Å². The summed E-state index contributed by atoms with van der Waals surface area (Å²) in [7, 11) is 0. The van der Waals surface area contributed by atoms with E-state index in [1.165, 1.54) is 11.6 Å². The van der Waals surface area contributed by atoms with E-state index in [1.807, 2.05) is 18.2 Å². The van der Waals surface area contributed by atoms with E-state index in [4.69, 9.17) is 9.68 Å². The number of piperidine rings is 1. The van der Waals surface area contributed by atoms with E-state index in [-0.39, 0.29) is 5.63 Å². The molecule has 146 valence electrons. The molecule has 0 bridgehead atoms. The lowest BCUT2D eigenvalue weighted by molar-refractivity contribution is 0.240. The van der Waals surface area contributed by atoms with Crippen molar-refractivity contribution >= 4 is 22.7 Å². The Morgan fingerprint density at radius 3 is 2.69 bits per heavy atom. The highest BCUT2D eigenvalue weighted by Gasteiger charge is 2.19. The van der Waals surface area contributed by atoms with Gasteiger partial charge in [0.25, 0.3) is 0 Å². The molecule has 0 unspecified atom stereocenters. The Kier molecular flexibility index (Phi) is 5.73. The van der Waals surface area contributed by atoms with Crippen LogP contribution < -0.4 is 10.9 Å². The van der Waals surface area contributed by atoms with Gasteiger partial charge in [-0.1, -0.05) is 42.5 Å². The van der Waals surface area contributed by atoms with Gasteiger partial charge in [-0.3, -0.25) is 4.90 Å². The second kappa shape index (κ2) is 8.76. The first-order chi connectivity index (χ1) is 14.2. The molecule has 3 aromatic rings. The van der Waals surface area contributed by atoms with Crippen molar-refractivity contribution in [3.8, 4) is 6.07 Å². The van der Waals surface area contributed by atoms with Crippen LogP contribution in [-0.2, 0) is 0 Å². The van der Waals surface area contributed by atoms with Crippen molar-refractivity contribution in [3.63, 3.8) is 0 Å². The summed E-state index contributed by atoms with van der Waals surface area (Å²) in [6.07, 6.45) is 6.37. The number of hydrogen-bond acceptors (Lipinski definition) is 5. The molecule has 0 aliphatic carbocycles. The van der Waals surface area contributed by atoms with Crippen molar-refractivity contribution < 1.29 is 4.42 Å². The fraction of sp³-hybridized carbons (Fsp3) is 0.250. The SMILES string of the molecule is N#Cc1ccc2oc(=O)cc(NC3CCN(C/C=C/c4ccccc4)CC3)c2c1. The summed E-state index contributed by atoms with van der Waals surface area (Å²) in [6, 6.07) is 19.4. The fourth-order valence-electron chi connectivity index (χ4n) is 3.73. The highest BCUT2D eigenvalue weighted by Crippen LogP contribution is 2.25. The van der Waals surface area contributed by atoms with Gasteiger partial charge >= 0.3 is 5.63 Å². The van der Waals surface area contributed by atoms with Gasteiger partial charge in [0.05, 0.1) is 17.3 Å². The van der Waals surface area contributed by atoms with Crippen molar-refractivity contribution in [3.05, 3.63) is 82.2 Å². The average Bonchev–Trinajstić information content (AvgIpc) is 2.75. The molecule has 2 heterocycles. The lowest BCUT2D eigenvalue weighted by atomic mass is 10.0. The number of benzene rings is 2. The van der Waals surface area contributed by atoms with Gasteiger partial charge < -0.3 is 9.73 Å². The number of nitrogens with one attached hydrogen (secondary N) is 1. The molecule has 5 nitrogen and oxygen atoms in total. The third kappa shape index (κ3) is 4.74. The lowest BCUT2D eigenvalue weighted by Crippen LogP contribution is -2.39. The van der Waals surface area contributed by atoms with Crippen LogP contribution in [0.2, 0.25) is 0 Å². The van der Waals surface area contributed by atoms with Gasteiger partial charge in [0.15, 0.2) is 0 Å². The standard InChI is InChI=1S/C24H23N3O2/c25-17-19-8-9-23-21(15-19)22(16-24(28)29-23)26-20-10-13-27(14-11-20)12-4-7-18-5-2-1-3-6-18/h1-9,15-16,20,26H,10-14H2/b7-4+. The van der Waals surface area contributed by atoms with Gasteiger partial charge in [-0.05, 0) is 36.6 Å². The maximum Gasteiger partial charge on any atom is 0.338 e. The fourth-order valence-corrected chi connectivity index (χ4v) is 3.73. The molecule has 4 rings (SSSR count). The second-order valence-electron chi connectivity index (χ2n) is 7.33. The predicted molar refractivity (Wildman–Crippen MR) is 116 cm³/mol. The van der Waals surface area contributed by atoms with Crippen molar-refractivity contribution in [2.75, 3.05) is 25.0 Å². The first-order valence-electron chi connectivity index (χ1n) is 9.90. The zero-order chi connectivity index (χ0) is 20.1. The largest absolute Gasteiger partial charge is 0.423 e. The summed E-state index contributed by atoms with van der Waals surface area (Å²) in [5.74, 6) is 0. The molecule has 0 saturated carbocycles. The number of fused-ring (bicyclic) bond motifs is 1. The molecule has 5 heteroatoms. The van der Waals surface area contributed by atoms with E-state index in [9.17, 15) is 4.79 Å². The van der Waals surface area contributed by atoms with Crippen LogP contribution in [0.5, 0.6) is 0 Å². The number of rotatable bonds is 5. The van der Waals surface area contributed by atoms with E-state index in [2.05, 4.69) is 40.6 Å². The first-order valence-corrected chi connectivity index (χ1v) is 9.90. The Morgan fingerprint density at radius 1 is 1.14 bits per heavy atom. The van der Waals surface area contributed by atoms with Gasteiger partial charge in [0.1, 0.15) is 5.58 Å². The molecule has 1 saturated heterocycles. The molecule has 29 heavy (non-hydrogen) atoms. The zero-order valence-electron chi connectivity index (χ0n) is 16.2. The van der Waals surface area contributed by atoms with Crippen molar-refractivity contribution in [2.45, 2.75) is 18.9 Å². The van der Waals surface area contributed by atoms with Crippen LogP contribution in [0.25, 0.3) is 17.0 Å². The van der Waals surface area contributed by atoms with Crippen molar-refractivity contribution in [1.82, 2.24) is 4.90 Å². The molecule has 1 aliphatic rings. The maximum atomic E-state index is 11.9. The first kappa shape index (κ1) is 19.0. The van der Waals surface area contributed by atoms with Crippen LogP contribution >= 0.6 is 0 Å². The minimum atomic E-state index is -0.381. The second-order valence-corrected chi connectivity index (χ2v) is 7.33. The molecule has 0 amide bonds. The van der Waals surface area contributed by atoms with E-state index in [0.29, 0.717) is 17.2 Å². The van der Waals surface area contributed by atoms with Gasteiger partial charge in [0, 0.05) is 37.1 Å². The monoisotopic (exact) mass is 385 g/mol. The van der Waals surface area contributed by atoms with E-state index in [1.54, 1.807) is 18.2 Å². The summed E-state index contributed by atoms with van der Waals surface area (Å²) >= 11 is 0. The molecular formula is C24H23N3O2. The lowest BCUT2D eigenvalue weighted by Gasteiger charge is -2.32. The number of hydrogen-bond donors (Lipinski definition) is 1. The number of anilines is 1. The predicted octanol–water partition coefficient (Wildman–Crippen LogP) is 4.25. The topological polar surface area (TPSA) is 69.3 Å². The van der Waals surface area contributed by atoms with Gasteiger partial charge in [-0.15, -0.1) is 0 Å². The van der Waals surface area contributed by atoms with Crippen LogP contribution in [-0.4, -0.2) is 30.6 Å². The third-order valence-electron chi connectivity index (χ3n) is 5.29. The Morgan fingerprint density at radius 2 is 1.93 bits per heavy atom. The highest BCUT2D eigenvalue weighted by molar-refractivity contribution is 5.90. The van der Waals surface area contributed by atoms with Crippen LogP contribution in [0.15, 0.2) is 69.9 Å². The number of nitrogens with zero attached hydrogens (tertiary/aromatic N) is 2. The Hall–Kier alpha value is -3.36. The third-order valence-corrected chi connectivity index (χ3v) is 5.29. The number of likely N-dealkylation sites (tertiary alicyclic amines) is 1. The Labute approximate surface area is 169 Å². The molecule has 1 fully saturated rings. The Bertz CT molecular complexity index is 1100. The quantitative estimate of drug-likeness (QED) is 0.665. The molecule has 0 spiro atoms. The highest BCUT2D eigenvalue weighted by atomic mass is 16.4. The molecule has 0 atom stereocenters. The summed E-state index contributed by atoms with van der Waals surface area (Å²) in [5.41, 5.74) is 2.64. The number of nitriles is 1. The summed E-state index contributed by atoms with van der Waals surface area (Å²) < 4.78 is 5.27. The zero-order valence-corrected chi connectivity index (χ0v) is 16.2. The molecule has 1 aromatic heterocycles. The molecule has 1 aliphatic heterocycles. The average molecular weight is 385 g/mol. The van der Waals surface area contributed by atoms with E-state index >= 15 is 0 Å². The summed E-state index contributed by atoms with van der Waals surface area (Å²) in [6.45, 7) is 2.93. The van der Waals surface area contributed by atoms with Gasteiger partial charge in [-0.25, -0.2) is 4.79 Å². The summed E-state index contributed by atoms with van der Waals surface area (Å²) in [4.78, 5) is 14.3. The van der Waals surface area contributed by atoms with Crippen LogP contribution in [0.4, 0.5) is 5.69 Å². The molecule has 1 N–H and O–H groups in total. The van der Waals surface area contributed by atoms with E-state index < -0.39 is 0 Å².